The van der Waals surface area contributed by atoms with Gasteiger partial charge in [-0.2, -0.15) is 0 Å². The molecule has 2 aromatic heterocycles. The summed E-state index contributed by atoms with van der Waals surface area (Å²) in [7, 11) is 0. The summed E-state index contributed by atoms with van der Waals surface area (Å²) < 4.78 is 20.5. The maximum Gasteiger partial charge on any atom is 0.278 e. The summed E-state index contributed by atoms with van der Waals surface area (Å²) in [4.78, 5) is 22.4. The molecule has 0 aliphatic carbocycles. The Morgan fingerprint density at radius 2 is 1.96 bits per heavy atom. The summed E-state index contributed by atoms with van der Waals surface area (Å²) in [5.41, 5.74) is 0.748. The summed E-state index contributed by atoms with van der Waals surface area (Å²) in [5, 5.41) is 0.771. The van der Waals surface area contributed by atoms with Crippen LogP contribution in [0.4, 0.5) is 9.52 Å². The number of halogens is 1. The van der Waals surface area contributed by atoms with Gasteiger partial charge < -0.3 is 14.6 Å². The Morgan fingerprint density at radius 1 is 1.25 bits per heavy atom. The number of aromatic amines is 1. The molecule has 0 radical (unpaired) electrons. The Balaban J connectivity index is 1.86. The fourth-order valence-electron chi connectivity index (χ4n) is 2.60. The minimum absolute atomic E-state index is 0.234. The topological polar surface area (TPSA) is 63.2 Å². The second-order valence-corrected chi connectivity index (χ2v) is 6.68. The van der Waals surface area contributed by atoms with Crippen molar-refractivity contribution in [2.45, 2.75) is 0 Å². The van der Waals surface area contributed by atoms with Crippen molar-refractivity contribution in [2.75, 3.05) is 31.2 Å². The lowest BCUT2D eigenvalue weighted by atomic mass is 10.3. The van der Waals surface area contributed by atoms with Crippen molar-refractivity contribution in [2.24, 2.45) is 0 Å². The second kappa shape index (κ2) is 6.08. The molecule has 0 atom stereocenters. The van der Waals surface area contributed by atoms with E-state index in [2.05, 4.69) is 14.9 Å². The first-order valence-electron chi connectivity index (χ1n) is 7.38. The molecule has 0 spiro atoms. The summed E-state index contributed by atoms with van der Waals surface area (Å²) in [5.74, 6) is -0.366. The molecule has 1 aliphatic rings. The molecule has 1 aliphatic heterocycles. The number of hydrogen-bond acceptors (Lipinski definition) is 6. The second-order valence-electron chi connectivity index (χ2n) is 5.32. The van der Waals surface area contributed by atoms with Gasteiger partial charge in [-0.25, -0.2) is 9.37 Å². The zero-order chi connectivity index (χ0) is 16.7. The quantitative estimate of drug-likeness (QED) is 0.708. The highest BCUT2D eigenvalue weighted by atomic mass is 32.1. The van der Waals surface area contributed by atoms with Crippen LogP contribution in [0.2, 0.25) is 0 Å². The molecular formula is C15H13FN4O2S2. The van der Waals surface area contributed by atoms with E-state index in [1.54, 1.807) is 0 Å². The highest BCUT2D eigenvalue weighted by Gasteiger charge is 2.18. The van der Waals surface area contributed by atoms with Crippen LogP contribution in [-0.4, -0.2) is 40.8 Å². The molecule has 1 saturated heterocycles. The zero-order valence-electron chi connectivity index (χ0n) is 12.5. The van der Waals surface area contributed by atoms with Gasteiger partial charge in [0.1, 0.15) is 10.5 Å². The van der Waals surface area contributed by atoms with Crippen molar-refractivity contribution < 1.29 is 9.13 Å². The van der Waals surface area contributed by atoms with E-state index in [0.29, 0.717) is 29.2 Å². The van der Waals surface area contributed by atoms with Crippen LogP contribution >= 0.6 is 23.6 Å². The number of ether oxygens (including phenoxy) is 1. The van der Waals surface area contributed by atoms with E-state index in [1.165, 1.54) is 40.2 Å². The smallest absolute Gasteiger partial charge is 0.278 e. The van der Waals surface area contributed by atoms with Crippen LogP contribution in [0, 0.1) is 10.6 Å². The Hall–Kier alpha value is -2.10. The van der Waals surface area contributed by atoms with Crippen molar-refractivity contribution in [1.82, 2.24) is 14.5 Å². The van der Waals surface area contributed by atoms with Gasteiger partial charge in [-0.1, -0.05) is 11.3 Å². The highest BCUT2D eigenvalue weighted by molar-refractivity contribution is 7.71. The Kier molecular flexibility index (Phi) is 3.91. The molecule has 0 saturated carbocycles. The lowest BCUT2D eigenvalue weighted by Gasteiger charge is -2.25. The van der Waals surface area contributed by atoms with Gasteiger partial charge >= 0.3 is 0 Å². The average molecular weight is 364 g/mol. The molecule has 1 fully saturated rings. The van der Waals surface area contributed by atoms with Crippen LogP contribution in [0.25, 0.3) is 16.0 Å². The van der Waals surface area contributed by atoms with Crippen LogP contribution < -0.4 is 10.5 Å². The number of aromatic nitrogens is 3. The van der Waals surface area contributed by atoms with Gasteiger partial charge in [-0.3, -0.25) is 9.36 Å². The van der Waals surface area contributed by atoms with Gasteiger partial charge in [0, 0.05) is 13.1 Å². The SMILES string of the molecule is O=c1c2sc(N3CCOCC3)nc2[nH]c(=S)n1-c1ccc(F)cc1. The molecule has 1 aromatic carbocycles. The Labute approximate surface area is 145 Å². The maximum absolute atomic E-state index is 13.1. The van der Waals surface area contributed by atoms with E-state index < -0.39 is 0 Å². The number of hydrogen-bond donors (Lipinski definition) is 1. The van der Waals surface area contributed by atoms with Crippen LogP contribution in [0.5, 0.6) is 0 Å². The fraction of sp³-hybridized carbons (Fsp3) is 0.267. The molecule has 3 heterocycles. The van der Waals surface area contributed by atoms with E-state index in [4.69, 9.17) is 17.0 Å². The number of rotatable bonds is 2. The maximum atomic E-state index is 13.1. The molecule has 24 heavy (non-hydrogen) atoms. The van der Waals surface area contributed by atoms with Crippen LogP contribution in [0.15, 0.2) is 29.1 Å². The number of fused-ring (bicyclic) bond motifs is 1. The molecule has 3 aromatic rings. The predicted molar refractivity (Wildman–Crippen MR) is 93.4 cm³/mol. The van der Waals surface area contributed by atoms with E-state index in [9.17, 15) is 9.18 Å². The third-order valence-corrected chi connectivity index (χ3v) is 5.20. The first-order valence-corrected chi connectivity index (χ1v) is 8.60. The van der Waals surface area contributed by atoms with Crippen LogP contribution in [-0.2, 0) is 4.74 Å². The third kappa shape index (κ3) is 2.64. The van der Waals surface area contributed by atoms with Gasteiger partial charge in [-0.05, 0) is 36.5 Å². The third-order valence-electron chi connectivity index (χ3n) is 3.81. The van der Waals surface area contributed by atoms with Gasteiger partial charge in [0.05, 0.1) is 18.9 Å². The molecule has 0 amide bonds. The standard InChI is InChI=1S/C15H13FN4O2S2/c16-9-1-3-10(4-2-9)20-13(21)11-12(17-14(20)23)18-15(24-11)19-5-7-22-8-6-19/h1-4H,5-8H2,(H,17,23). The van der Waals surface area contributed by atoms with Gasteiger partial charge in [0.2, 0.25) is 0 Å². The highest BCUT2D eigenvalue weighted by Crippen LogP contribution is 2.26. The zero-order valence-corrected chi connectivity index (χ0v) is 14.1. The number of thiazole rings is 1. The van der Waals surface area contributed by atoms with Crippen molar-refractivity contribution in [3.05, 3.63) is 45.2 Å². The van der Waals surface area contributed by atoms with E-state index in [0.717, 1.165) is 18.2 Å². The monoisotopic (exact) mass is 364 g/mol. The van der Waals surface area contributed by atoms with E-state index in [-0.39, 0.29) is 16.1 Å². The van der Waals surface area contributed by atoms with E-state index in [1.807, 2.05) is 0 Å². The lowest BCUT2D eigenvalue weighted by Crippen LogP contribution is -2.36. The molecule has 0 unspecified atom stereocenters. The number of morpholine rings is 1. The number of nitrogens with zero attached hydrogens (tertiary/aromatic N) is 3. The molecule has 4 rings (SSSR count). The number of H-pyrrole nitrogens is 1. The molecular weight excluding hydrogens is 351 g/mol. The molecule has 9 heteroatoms. The number of nitrogens with one attached hydrogen (secondary N) is 1. The largest absolute Gasteiger partial charge is 0.378 e. The predicted octanol–water partition coefficient (Wildman–Crippen LogP) is 2.48. The van der Waals surface area contributed by atoms with Crippen molar-refractivity contribution in [3.63, 3.8) is 0 Å². The van der Waals surface area contributed by atoms with Gasteiger partial charge in [0.15, 0.2) is 15.5 Å². The first kappa shape index (κ1) is 15.4. The number of anilines is 1. The average Bonchev–Trinajstić information content (AvgIpc) is 3.02. The summed E-state index contributed by atoms with van der Waals surface area (Å²) in [6.45, 7) is 2.77. The molecule has 124 valence electrons. The molecule has 0 bridgehead atoms. The van der Waals surface area contributed by atoms with Crippen molar-refractivity contribution in [1.29, 1.82) is 0 Å². The Morgan fingerprint density at radius 3 is 2.67 bits per heavy atom. The van der Waals surface area contributed by atoms with Crippen molar-refractivity contribution in [3.8, 4) is 5.69 Å². The minimum Gasteiger partial charge on any atom is -0.378 e. The molecule has 1 N–H and O–H groups in total. The van der Waals surface area contributed by atoms with Crippen LogP contribution in [0.1, 0.15) is 0 Å². The summed E-state index contributed by atoms with van der Waals surface area (Å²) >= 11 is 6.62. The Bertz CT molecular complexity index is 1000. The summed E-state index contributed by atoms with van der Waals surface area (Å²) in [6, 6.07) is 5.64. The van der Waals surface area contributed by atoms with Crippen LogP contribution in [0.3, 0.4) is 0 Å². The molecule has 6 nitrogen and oxygen atoms in total. The first-order chi connectivity index (χ1) is 11.6. The fourth-order valence-corrected chi connectivity index (χ4v) is 3.89. The minimum atomic E-state index is -0.366. The van der Waals surface area contributed by atoms with E-state index >= 15 is 0 Å². The lowest BCUT2D eigenvalue weighted by molar-refractivity contribution is 0.122. The number of benzene rings is 1. The summed E-state index contributed by atoms with van der Waals surface area (Å²) in [6.07, 6.45) is 0. The normalized spacial score (nSPS) is 15.1. The van der Waals surface area contributed by atoms with Crippen molar-refractivity contribution >= 4 is 39.0 Å². The van der Waals surface area contributed by atoms with Gasteiger partial charge in [0.25, 0.3) is 5.56 Å². The van der Waals surface area contributed by atoms with Gasteiger partial charge in [-0.15, -0.1) is 0 Å².